The molecule has 1 aromatic carbocycles. The molecule has 0 atom stereocenters. The minimum absolute atomic E-state index is 0.0162. The van der Waals surface area contributed by atoms with Crippen LogP contribution in [0, 0.1) is 0 Å². The molecule has 3 amide bonds. The van der Waals surface area contributed by atoms with E-state index in [1.165, 1.54) is 4.90 Å². The predicted molar refractivity (Wildman–Crippen MR) is 80.1 cm³/mol. The Hall–Kier alpha value is -1.82. The molecule has 0 aromatic heterocycles. The highest BCUT2D eigenvalue weighted by Gasteiger charge is 2.37. The summed E-state index contributed by atoms with van der Waals surface area (Å²) >= 11 is 1.07. The first kappa shape index (κ1) is 14.1. The van der Waals surface area contributed by atoms with Gasteiger partial charge in [-0.1, -0.05) is 30.0 Å². The second kappa shape index (κ2) is 5.89. The smallest absolute Gasteiger partial charge is 0.289 e. The summed E-state index contributed by atoms with van der Waals surface area (Å²) in [6.45, 7) is 1.17. The average Bonchev–Trinajstić information content (AvgIpc) is 2.87. The molecule has 0 unspecified atom stereocenters. The van der Waals surface area contributed by atoms with Crippen LogP contribution in [-0.2, 0) is 4.79 Å². The normalized spacial score (nSPS) is 20.2. The summed E-state index contributed by atoms with van der Waals surface area (Å²) < 4.78 is 0. The standard InChI is InChI=1S/C15H16N2O3S/c18-13-10-21-15(20)17(13)12-6-8-16(9-7-12)14(19)11-4-2-1-3-5-11/h1-5,12H,6-10H2. The summed E-state index contributed by atoms with van der Waals surface area (Å²) in [7, 11) is 0. The van der Waals surface area contributed by atoms with Crippen LogP contribution in [0.15, 0.2) is 30.3 Å². The van der Waals surface area contributed by atoms with E-state index in [2.05, 4.69) is 0 Å². The Balaban J connectivity index is 1.62. The monoisotopic (exact) mass is 304 g/mol. The van der Waals surface area contributed by atoms with Gasteiger partial charge in [0.25, 0.3) is 11.1 Å². The number of hydrogen-bond donors (Lipinski definition) is 0. The van der Waals surface area contributed by atoms with E-state index >= 15 is 0 Å². The Morgan fingerprint density at radius 3 is 2.33 bits per heavy atom. The van der Waals surface area contributed by atoms with Crippen molar-refractivity contribution in [3.63, 3.8) is 0 Å². The Labute approximate surface area is 127 Å². The number of thioether (sulfide) groups is 1. The Kier molecular flexibility index (Phi) is 3.96. The van der Waals surface area contributed by atoms with Crippen LogP contribution in [0.1, 0.15) is 23.2 Å². The van der Waals surface area contributed by atoms with E-state index in [-0.39, 0.29) is 28.8 Å². The number of rotatable bonds is 2. The molecule has 0 spiro atoms. The average molecular weight is 304 g/mol. The lowest BCUT2D eigenvalue weighted by Gasteiger charge is -2.35. The number of nitrogens with zero attached hydrogens (tertiary/aromatic N) is 2. The lowest BCUT2D eigenvalue weighted by Crippen LogP contribution is -2.48. The van der Waals surface area contributed by atoms with Gasteiger partial charge in [-0.3, -0.25) is 19.3 Å². The van der Waals surface area contributed by atoms with Crippen molar-refractivity contribution in [1.29, 1.82) is 0 Å². The Morgan fingerprint density at radius 2 is 1.76 bits per heavy atom. The third-order valence-electron chi connectivity index (χ3n) is 3.92. The van der Waals surface area contributed by atoms with Crippen LogP contribution in [0.5, 0.6) is 0 Å². The molecule has 2 fully saturated rings. The quantitative estimate of drug-likeness (QED) is 0.838. The molecule has 5 nitrogen and oxygen atoms in total. The molecule has 0 bridgehead atoms. The predicted octanol–water partition coefficient (Wildman–Crippen LogP) is 1.99. The van der Waals surface area contributed by atoms with Crippen molar-refractivity contribution >= 4 is 28.8 Å². The molecule has 0 N–H and O–H groups in total. The number of imide groups is 1. The van der Waals surface area contributed by atoms with Crippen LogP contribution in [0.3, 0.4) is 0 Å². The van der Waals surface area contributed by atoms with Gasteiger partial charge in [-0.2, -0.15) is 0 Å². The number of carbonyl (C=O) groups is 3. The summed E-state index contributed by atoms with van der Waals surface area (Å²) in [4.78, 5) is 38.9. The van der Waals surface area contributed by atoms with Crippen molar-refractivity contribution in [2.75, 3.05) is 18.8 Å². The zero-order valence-electron chi connectivity index (χ0n) is 11.5. The van der Waals surface area contributed by atoms with Crippen molar-refractivity contribution in [2.45, 2.75) is 18.9 Å². The maximum Gasteiger partial charge on any atom is 0.289 e. The molecule has 2 saturated heterocycles. The van der Waals surface area contributed by atoms with Gasteiger partial charge in [0.15, 0.2) is 0 Å². The number of hydrogen-bond acceptors (Lipinski definition) is 4. The van der Waals surface area contributed by atoms with Gasteiger partial charge in [0, 0.05) is 24.7 Å². The number of benzene rings is 1. The molecule has 3 rings (SSSR count). The fourth-order valence-corrected chi connectivity index (χ4v) is 3.58. The fourth-order valence-electron chi connectivity index (χ4n) is 2.81. The molecular weight excluding hydrogens is 288 g/mol. The zero-order valence-corrected chi connectivity index (χ0v) is 12.3. The molecule has 0 radical (unpaired) electrons. The van der Waals surface area contributed by atoms with Crippen LogP contribution >= 0.6 is 11.8 Å². The molecule has 6 heteroatoms. The number of carbonyl (C=O) groups excluding carboxylic acids is 3. The van der Waals surface area contributed by atoms with Crippen LogP contribution in [0.25, 0.3) is 0 Å². The van der Waals surface area contributed by atoms with Gasteiger partial charge in [0.1, 0.15) is 0 Å². The van der Waals surface area contributed by atoms with E-state index in [0.717, 1.165) is 11.8 Å². The second-order valence-corrected chi connectivity index (χ2v) is 6.13. The highest BCUT2D eigenvalue weighted by atomic mass is 32.2. The summed E-state index contributed by atoms with van der Waals surface area (Å²) in [5.41, 5.74) is 0.680. The van der Waals surface area contributed by atoms with Crippen molar-refractivity contribution in [1.82, 2.24) is 9.80 Å². The topological polar surface area (TPSA) is 57.7 Å². The van der Waals surface area contributed by atoms with E-state index in [4.69, 9.17) is 0 Å². The highest BCUT2D eigenvalue weighted by Crippen LogP contribution is 2.27. The highest BCUT2D eigenvalue weighted by molar-refractivity contribution is 8.14. The van der Waals surface area contributed by atoms with Crippen LogP contribution in [0.2, 0.25) is 0 Å². The molecule has 21 heavy (non-hydrogen) atoms. The summed E-state index contributed by atoms with van der Waals surface area (Å²) in [6.07, 6.45) is 1.33. The Morgan fingerprint density at radius 1 is 1.10 bits per heavy atom. The van der Waals surface area contributed by atoms with E-state index in [1.54, 1.807) is 17.0 Å². The lowest BCUT2D eigenvalue weighted by molar-refractivity contribution is -0.126. The lowest BCUT2D eigenvalue weighted by atomic mass is 10.0. The molecule has 110 valence electrons. The summed E-state index contributed by atoms with van der Waals surface area (Å²) in [5.74, 6) is 0.169. The van der Waals surface area contributed by atoms with Gasteiger partial charge in [-0.15, -0.1) is 0 Å². The van der Waals surface area contributed by atoms with E-state index in [9.17, 15) is 14.4 Å². The van der Waals surface area contributed by atoms with Crippen molar-refractivity contribution < 1.29 is 14.4 Å². The molecule has 0 saturated carbocycles. The van der Waals surface area contributed by atoms with Crippen LogP contribution in [0.4, 0.5) is 4.79 Å². The largest absolute Gasteiger partial charge is 0.338 e. The number of piperidine rings is 1. The first-order valence-electron chi connectivity index (χ1n) is 7.00. The summed E-state index contributed by atoms with van der Waals surface area (Å²) in [6, 6.07) is 9.12. The van der Waals surface area contributed by atoms with E-state index in [0.29, 0.717) is 31.5 Å². The van der Waals surface area contributed by atoms with Gasteiger partial charge >= 0.3 is 0 Å². The molecule has 0 aliphatic carbocycles. The van der Waals surface area contributed by atoms with Crippen molar-refractivity contribution in [2.24, 2.45) is 0 Å². The Bertz CT molecular complexity index is 552. The zero-order chi connectivity index (χ0) is 14.8. The van der Waals surface area contributed by atoms with Crippen molar-refractivity contribution in [3.8, 4) is 0 Å². The number of likely N-dealkylation sites (tertiary alicyclic amines) is 1. The fraction of sp³-hybridized carbons (Fsp3) is 0.400. The second-order valence-electron chi connectivity index (χ2n) is 5.21. The van der Waals surface area contributed by atoms with Crippen LogP contribution < -0.4 is 0 Å². The number of amides is 3. The molecular formula is C15H16N2O3S. The molecule has 2 aliphatic rings. The van der Waals surface area contributed by atoms with Gasteiger partial charge in [0.2, 0.25) is 5.91 Å². The maximum atomic E-state index is 12.3. The minimum atomic E-state index is -0.146. The van der Waals surface area contributed by atoms with Gasteiger partial charge in [-0.05, 0) is 25.0 Å². The van der Waals surface area contributed by atoms with Crippen molar-refractivity contribution in [3.05, 3.63) is 35.9 Å². The van der Waals surface area contributed by atoms with E-state index < -0.39 is 0 Å². The first-order valence-corrected chi connectivity index (χ1v) is 7.98. The molecule has 2 aliphatic heterocycles. The summed E-state index contributed by atoms with van der Waals surface area (Å²) in [5, 5.41) is -0.146. The molecule has 2 heterocycles. The van der Waals surface area contributed by atoms with Crippen LogP contribution in [-0.4, -0.2) is 51.7 Å². The third kappa shape index (κ3) is 2.81. The van der Waals surface area contributed by atoms with Gasteiger partial charge < -0.3 is 4.90 Å². The van der Waals surface area contributed by atoms with E-state index in [1.807, 2.05) is 18.2 Å². The SMILES string of the molecule is O=C(c1ccccc1)N1CCC(N2C(=O)CSC2=O)CC1. The van der Waals surface area contributed by atoms with Gasteiger partial charge in [-0.25, -0.2) is 0 Å². The molecule has 1 aromatic rings. The third-order valence-corrected chi connectivity index (χ3v) is 4.76. The maximum absolute atomic E-state index is 12.3. The minimum Gasteiger partial charge on any atom is -0.338 e. The van der Waals surface area contributed by atoms with Gasteiger partial charge in [0.05, 0.1) is 5.75 Å². The first-order chi connectivity index (χ1) is 10.2.